The molecule has 0 aliphatic heterocycles. The summed E-state index contributed by atoms with van der Waals surface area (Å²) < 4.78 is 11.6. The van der Waals surface area contributed by atoms with Crippen LogP contribution in [-0.2, 0) is 4.74 Å². The molecular weight excluding hydrogens is 312 g/mol. The fraction of sp³-hybridized carbons (Fsp3) is 0.538. The Hall–Kier alpha value is -1.30. The van der Waals surface area contributed by atoms with Crippen LogP contribution in [-0.4, -0.2) is 41.8 Å². The Morgan fingerprint density at radius 3 is 2.74 bits per heavy atom. The maximum atomic E-state index is 11.7. The van der Waals surface area contributed by atoms with Gasteiger partial charge in [-0.25, -0.2) is 4.79 Å². The van der Waals surface area contributed by atoms with Gasteiger partial charge in [-0.3, -0.25) is 4.98 Å². The molecule has 5 nitrogen and oxygen atoms in total. The monoisotopic (exact) mass is 330 g/mol. The van der Waals surface area contributed by atoms with Gasteiger partial charge < -0.3 is 14.4 Å². The third kappa shape index (κ3) is 5.92. The minimum Gasteiger partial charge on any atom is -0.489 e. The van der Waals surface area contributed by atoms with Crippen molar-refractivity contribution in [1.82, 2.24) is 9.88 Å². The molecule has 1 amide bonds. The van der Waals surface area contributed by atoms with Gasteiger partial charge >= 0.3 is 6.09 Å². The van der Waals surface area contributed by atoms with Crippen LogP contribution in [0.15, 0.2) is 22.9 Å². The Labute approximate surface area is 122 Å². The van der Waals surface area contributed by atoms with Gasteiger partial charge in [-0.2, -0.15) is 0 Å². The molecule has 0 atom stereocenters. The first-order chi connectivity index (χ1) is 8.79. The Morgan fingerprint density at radius 2 is 2.16 bits per heavy atom. The number of amides is 1. The van der Waals surface area contributed by atoms with Crippen LogP contribution in [0.5, 0.6) is 5.75 Å². The van der Waals surface area contributed by atoms with Crippen molar-refractivity contribution in [3.63, 3.8) is 0 Å². The number of aromatic nitrogens is 1. The van der Waals surface area contributed by atoms with Crippen molar-refractivity contribution in [3.05, 3.63) is 22.9 Å². The van der Waals surface area contributed by atoms with Crippen LogP contribution < -0.4 is 4.74 Å². The zero-order valence-electron chi connectivity index (χ0n) is 11.6. The van der Waals surface area contributed by atoms with E-state index in [-0.39, 0.29) is 6.09 Å². The molecule has 0 bridgehead atoms. The standard InChI is InChI=1S/C13H19BrN2O3/c1-13(2,3)19-12(17)16(4)7-8-18-11-9-15-6-5-10(11)14/h5-6,9H,7-8H2,1-4H3. The molecule has 0 unspecified atom stereocenters. The first kappa shape index (κ1) is 15.8. The number of hydrogen-bond donors (Lipinski definition) is 0. The number of carbonyl (C=O) groups is 1. The third-order valence-corrected chi connectivity index (χ3v) is 2.78. The molecule has 6 heteroatoms. The van der Waals surface area contributed by atoms with Crippen LogP contribution in [0, 0.1) is 0 Å². The summed E-state index contributed by atoms with van der Waals surface area (Å²) in [7, 11) is 1.68. The Balaban J connectivity index is 2.37. The van der Waals surface area contributed by atoms with Crippen LogP contribution >= 0.6 is 15.9 Å². The van der Waals surface area contributed by atoms with E-state index in [1.165, 1.54) is 4.90 Å². The predicted octanol–water partition coefficient (Wildman–Crippen LogP) is 3.09. The fourth-order valence-electron chi connectivity index (χ4n) is 1.19. The van der Waals surface area contributed by atoms with Gasteiger partial charge in [0, 0.05) is 13.2 Å². The van der Waals surface area contributed by atoms with E-state index in [4.69, 9.17) is 9.47 Å². The van der Waals surface area contributed by atoms with Crippen molar-refractivity contribution in [2.75, 3.05) is 20.2 Å². The SMILES string of the molecule is CN(CCOc1cnccc1Br)C(=O)OC(C)(C)C. The van der Waals surface area contributed by atoms with Crippen LogP contribution in [0.25, 0.3) is 0 Å². The van der Waals surface area contributed by atoms with Gasteiger partial charge in [-0.1, -0.05) is 0 Å². The summed E-state index contributed by atoms with van der Waals surface area (Å²) in [6.45, 7) is 6.32. The molecule has 106 valence electrons. The maximum Gasteiger partial charge on any atom is 0.410 e. The van der Waals surface area contributed by atoms with E-state index >= 15 is 0 Å². The first-order valence-corrected chi connectivity index (χ1v) is 6.75. The van der Waals surface area contributed by atoms with Gasteiger partial charge in [-0.05, 0) is 42.8 Å². The molecule has 0 aliphatic carbocycles. The van der Waals surface area contributed by atoms with Crippen LogP contribution in [0.1, 0.15) is 20.8 Å². The van der Waals surface area contributed by atoms with Crippen LogP contribution in [0.3, 0.4) is 0 Å². The lowest BCUT2D eigenvalue weighted by Gasteiger charge is -2.24. The Kier molecular flexibility index (Phi) is 5.60. The van der Waals surface area contributed by atoms with Gasteiger partial charge in [0.25, 0.3) is 0 Å². The van der Waals surface area contributed by atoms with Gasteiger partial charge in [0.15, 0.2) is 5.75 Å². The lowest BCUT2D eigenvalue weighted by Crippen LogP contribution is -2.36. The minimum absolute atomic E-state index is 0.360. The molecule has 0 aromatic carbocycles. The van der Waals surface area contributed by atoms with Crippen LogP contribution in [0.2, 0.25) is 0 Å². The molecule has 1 aromatic heterocycles. The van der Waals surface area contributed by atoms with Crippen molar-refractivity contribution in [1.29, 1.82) is 0 Å². The summed E-state index contributed by atoms with van der Waals surface area (Å²) in [6.07, 6.45) is 2.93. The van der Waals surface area contributed by atoms with Gasteiger partial charge in [0.05, 0.1) is 17.2 Å². The molecule has 1 heterocycles. The number of rotatable bonds is 4. The second-order valence-electron chi connectivity index (χ2n) is 5.06. The van der Waals surface area contributed by atoms with Crippen molar-refractivity contribution >= 4 is 22.0 Å². The molecule has 1 rings (SSSR count). The summed E-state index contributed by atoms with van der Waals surface area (Å²) in [5, 5.41) is 0. The molecule has 0 spiro atoms. The number of carbonyl (C=O) groups excluding carboxylic acids is 1. The highest BCUT2D eigenvalue weighted by Gasteiger charge is 2.19. The van der Waals surface area contributed by atoms with Crippen LogP contribution in [0.4, 0.5) is 4.79 Å². The molecule has 1 aromatic rings. The molecular formula is C13H19BrN2O3. The molecule has 0 saturated heterocycles. The normalized spacial score (nSPS) is 11.0. The third-order valence-electron chi connectivity index (χ3n) is 2.12. The second kappa shape index (κ2) is 6.75. The summed E-state index contributed by atoms with van der Waals surface area (Å²) >= 11 is 3.36. The van der Waals surface area contributed by atoms with Gasteiger partial charge in [0.2, 0.25) is 0 Å². The molecule has 0 aliphatic rings. The highest BCUT2D eigenvalue weighted by molar-refractivity contribution is 9.10. The molecule has 0 saturated carbocycles. The lowest BCUT2D eigenvalue weighted by molar-refractivity contribution is 0.0278. The van der Waals surface area contributed by atoms with Crippen molar-refractivity contribution in [3.8, 4) is 5.75 Å². The number of halogens is 1. The number of likely N-dealkylation sites (N-methyl/N-ethyl adjacent to an activating group) is 1. The summed E-state index contributed by atoms with van der Waals surface area (Å²) in [6, 6.07) is 1.80. The summed E-state index contributed by atoms with van der Waals surface area (Å²) in [5.74, 6) is 0.653. The van der Waals surface area contributed by atoms with E-state index in [0.717, 1.165) is 4.47 Å². The molecule has 19 heavy (non-hydrogen) atoms. The lowest BCUT2D eigenvalue weighted by atomic mass is 10.2. The summed E-state index contributed by atoms with van der Waals surface area (Å²) in [4.78, 5) is 17.1. The van der Waals surface area contributed by atoms with E-state index in [2.05, 4.69) is 20.9 Å². The van der Waals surface area contributed by atoms with Gasteiger partial charge in [0.1, 0.15) is 12.2 Å². The number of ether oxygens (including phenoxy) is 2. The van der Waals surface area contributed by atoms with Crippen molar-refractivity contribution < 1.29 is 14.3 Å². The van der Waals surface area contributed by atoms with Crippen molar-refractivity contribution in [2.24, 2.45) is 0 Å². The zero-order chi connectivity index (χ0) is 14.5. The summed E-state index contributed by atoms with van der Waals surface area (Å²) in [5.41, 5.74) is -0.488. The smallest absolute Gasteiger partial charge is 0.410 e. The Bertz CT molecular complexity index is 432. The largest absolute Gasteiger partial charge is 0.489 e. The minimum atomic E-state index is -0.488. The average molecular weight is 331 g/mol. The van der Waals surface area contributed by atoms with E-state index in [1.807, 2.05) is 20.8 Å². The topological polar surface area (TPSA) is 51.7 Å². The Morgan fingerprint density at radius 1 is 1.47 bits per heavy atom. The number of hydrogen-bond acceptors (Lipinski definition) is 4. The predicted molar refractivity (Wildman–Crippen MR) is 76.3 cm³/mol. The molecule has 0 N–H and O–H groups in total. The second-order valence-corrected chi connectivity index (χ2v) is 5.91. The maximum absolute atomic E-state index is 11.7. The van der Waals surface area contributed by atoms with E-state index in [9.17, 15) is 4.79 Å². The van der Waals surface area contributed by atoms with Crippen molar-refractivity contribution in [2.45, 2.75) is 26.4 Å². The first-order valence-electron chi connectivity index (χ1n) is 5.96. The average Bonchev–Trinajstić information content (AvgIpc) is 2.29. The molecule has 0 radical (unpaired) electrons. The number of pyridine rings is 1. The molecule has 0 fully saturated rings. The van der Waals surface area contributed by atoms with E-state index < -0.39 is 5.60 Å². The fourth-order valence-corrected chi connectivity index (χ4v) is 1.53. The van der Waals surface area contributed by atoms with Gasteiger partial charge in [-0.15, -0.1) is 0 Å². The zero-order valence-corrected chi connectivity index (χ0v) is 13.2. The highest BCUT2D eigenvalue weighted by Crippen LogP contribution is 2.22. The van der Waals surface area contributed by atoms with E-state index in [1.54, 1.807) is 25.5 Å². The number of nitrogens with zero attached hydrogens (tertiary/aromatic N) is 2. The quantitative estimate of drug-likeness (QED) is 0.851. The highest BCUT2D eigenvalue weighted by atomic mass is 79.9. The van der Waals surface area contributed by atoms with E-state index in [0.29, 0.717) is 18.9 Å².